The number of rotatable bonds is 3. The molecule has 0 radical (unpaired) electrons. The average molecular weight is 344 g/mol. The lowest BCUT2D eigenvalue weighted by atomic mass is 9.82. The van der Waals surface area contributed by atoms with Gasteiger partial charge in [0.15, 0.2) is 0 Å². The van der Waals surface area contributed by atoms with Crippen LogP contribution in [0.1, 0.15) is 44.9 Å². The van der Waals surface area contributed by atoms with E-state index in [1.807, 2.05) is 4.90 Å². The Labute approximate surface area is 149 Å². The van der Waals surface area contributed by atoms with Gasteiger partial charge in [0.2, 0.25) is 11.8 Å². The number of carbonyl (C=O) groups excluding carboxylic acids is 2. The fourth-order valence-corrected chi connectivity index (χ4v) is 4.92. The Morgan fingerprint density at radius 1 is 1.24 bits per heavy atom. The molecule has 0 aromatic carbocycles. The number of nitrogens with one attached hydrogen (secondary N) is 1. The number of hydrogen-bond donors (Lipinski definition) is 1. The third kappa shape index (κ3) is 3.15. The van der Waals surface area contributed by atoms with Crippen molar-refractivity contribution in [3.63, 3.8) is 0 Å². The van der Waals surface area contributed by atoms with Crippen molar-refractivity contribution in [2.45, 2.75) is 51.0 Å². The molecule has 0 bridgehead atoms. The molecule has 3 saturated heterocycles. The Kier molecular flexibility index (Phi) is 4.45. The molecule has 0 aromatic rings. The van der Waals surface area contributed by atoms with Crippen LogP contribution in [-0.2, 0) is 9.59 Å². The molecule has 3 heterocycles. The standard InChI is InChI=1S/C19H28N4O2/c20-13-19(6-7-19)18(25)22-10-5-16-15(12-22)1-2-17(24)23(16)11-14-3-8-21-9-4-14/h14-16,21H,1-12H2/t15-,16+/m0/s1. The summed E-state index contributed by atoms with van der Waals surface area (Å²) in [6.45, 7) is 4.42. The van der Waals surface area contributed by atoms with Crippen molar-refractivity contribution < 1.29 is 9.59 Å². The van der Waals surface area contributed by atoms with Crippen molar-refractivity contribution in [3.8, 4) is 6.07 Å². The lowest BCUT2D eigenvalue weighted by Crippen LogP contribution is -2.58. The number of piperidine rings is 3. The normalized spacial score (nSPS) is 32.0. The zero-order valence-corrected chi connectivity index (χ0v) is 14.9. The molecule has 3 aliphatic heterocycles. The number of fused-ring (bicyclic) bond motifs is 1. The molecule has 6 heteroatoms. The van der Waals surface area contributed by atoms with E-state index < -0.39 is 5.41 Å². The van der Waals surface area contributed by atoms with Crippen LogP contribution in [0.5, 0.6) is 0 Å². The fraction of sp³-hybridized carbons (Fsp3) is 0.842. The maximum Gasteiger partial charge on any atom is 0.243 e. The summed E-state index contributed by atoms with van der Waals surface area (Å²) in [6, 6.07) is 2.52. The Hall–Kier alpha value is -1.61. The van der Waals surface area contributed by atoms with Gasteiger partial charge in [-0.2, -0.15) is 5.26 Å². The lowest BCUT2D eigenvalue weighted by Gasteiger charge is -2.48. The van der Waals surface area contributed by atoms with Gasteiger partial charge in [-0.3, -0.25) is 9.59 Å². The molecule has 4 aliphatic rings. The first-order valence-electron chi connectivity index (χ1n) is 9.84. The molecule has 136 valence electrons. The van der Waals surface area contributed by atoms with Crippen LogP contribution >= 0.6 is 0 Å². The minimum absolute atomic E-state index is 0.0373. The molecule has 0 unspecified atom stereocenters. The van der Waals surface area contributed by atoms with E-state index >= 15 is 0 Å². The quantitative estimate of drug-likeness (QED) is 0.833. The first-order chi connectivity index (χ1) is 12.1. The highest BCUT2D eigenvalue weighted by molar-refractivity contribution is 5.88. The second-order valence-corrected chi connectivity index (χ2v) is 8.34. The Morgan fingerprint density at radius 3 is 2.68 bits per heavy atom. The highest BCUT2D eigenvalue weighted by Crippen LogP contribution is 2.47. The van der Waals surface area contributed by atoms with E-state index in [1.54, 1.807) is 0 Å². The van der Waals surface area contributed by atoms with E-state index in [9.17, 15) is 14.9 Å². The minimum atomic E-state index is -0.716. The summed E-state index contributed by atoms with van der Waals surface area (Å²) in [5.74, 6) is 1.33. The van der Waals surface area contributed by atoms with Crippen molar-refractivity contribution in [2.24, 2.45) is 17.3 Å². The van der Waals surface area contributed by atoms with Crippen molar-refractivity contribution in [3.05, 3.63) is 0 Å². The van der Waals surface area contributed by atoms with Crippen molar-refractivity contribution in [2.75, 3.05) is 32.7 Å². The molecular formula is C19H28N4O2. The van der Waals surface area contributed by atoms with Gasteiger partial charge in [0.25, 0.3) is 0 Å². The van der Waals surface area contributed by atoms with E-state index in [4.69, 9.17) is 0 Å². The van der Waals surface area contributed by atoms with Gasteiger partial charge in [-0.15, -0.1) is 0 Å². The SMILES string of the molecule is N#CC1(C(=O)N2CC[C@@H]3[C@@H](CCC(=O)N3CC3CCNCC3)C2)CC1. The van der Waals surface area contributed by atoms with Crippen LogP contribution in [0.25, 0.3) is 0 Å². The third-order valence-electron chi connectivity index (χ3n) is 6.72. The van der Waals surface area contributed by atoms with Crippen LogP contribution in [0.2, 0.25) is 0 Å². The second-order valence-electron chi connectivity index (χ2n) is 8.34. The molecule has 2 atom stereocenters. The molecular weight excluding hydrogens is 316 g/mol. The predicted octanol–water partition coefficient (Wildman–Crippen LogP) is 1.13. The summed E-state index contributed by atoms with van der Waals surface area (Å²) in [5.41, 5.74) is -0.716. The van der Waals surface area contributed by atoms with Crippen LogP contribution in [0.4, 0.5) is 0 Å². The smallest absolute Gasteiger partial charge is 0.243 e. The number of hydrogen-bond acceptors (Lipinski definition) is 4. The molecule has 1 saturated carbocycles. The van der Waals surface area contributed by atoms with E-state index in [1.165, 1.54) is 0 Å². The second kappa shape index (κ2) is 6.60. The van der Waals surface area contributed by atoms with E-state index in [0.29, 0.717) is 43.6 Å². The number of amides is 2. The summed E-state index contributed by atoms with van der Waals surface area (Å²) < 4.78 is 0. The summed E-state index contributed by atoms with van der Waals surface area (Å²) in [4.78, 5) is 29.3. The Morgan fingerprint density at radius 2 is 2.00 bits per heavy atom. The molecule has 4 fully saturated rings. The molecule has 1 aliphatic carbocycles. The molecule has 2 amide bonds. The van der Waals surface area contributed by atoms with Gasteiger partial charge in [-0.1, -0.05) is 0 Å². The average Bonchev–Trinajstić information content (AvgIpc) is 3.45. The van der Waals surface area contributed by atoms with E-state index in [2.05, 4.69) is 16.3 Å². The maximum atomic E-state index is 12.7. The molecule has 0 spiro atoms. The van der Waals surface area contributed by atoms with Gasteiger partial charge in [-0.05, 0) is 63.5 Å². The van der Waals surface area contributed by atoms with Crippen LogP contribution in [-0.4, -0.2) is 60.4 Å². The minimum Gasteiger partial charge on any atom is -0.341 e. The molecule has 0 aromatic heterocycles. The summed E-state index contributed by atoms with van der Waals surface area (Å²) in [5, 5.41) is 12.7. The van der Waals surface area contributed by atoms with Crippen molar-refractivity contribution in [1.29, 1.82) is 5.26 Å². The number of carbonyl (C=O) groups is 2. The first-order valence-corrected chi connectivity index (χ1v) is 9.84. The first kappa shape index (κ1) is 16.8. The van der Waals surface area contributed by atoms with Gasteiger partial charge < -0.3 is 15.1 Å². The van der Waals surface area contributed by atoms with Crippen LogP contribution < -0.4 is 5.32 Å². The molecule has 6 nitrogen and oxygen atoms in total. The highest BCUT2D eigenvalue weighted by atomic mass is 16.2. The van der Waals surface area contributed by atoms with Gasteiger partial charge in [-0.25, -0.2) is 0 Å². The summed E-state index contributed by atoms with van der Waals surface area (Å²) >= 11 is 0. The Bertz CT molecular complexity index is 589. The van der Waals surface area contributed by atoms with E-state index in [0.717, 1.165) is 51.9 Å². The fourth-order valence-electron chi connectivity index (χ4n) is 4.92. The predicted molar refractivity (Wildman–Crippen MR) is 92.3 cm³/mol. The Balaban J connectivity index is 1.41. The van der Waals surface area contributed by atoms with Crippen molar-refractivity contribution >= 4 is 11.8 Å². The molecule has 25 heavy (non-hydrogen) atoms. The topological polar surface area (TPSA) is 76.4 Å². The summed E-state index contributed by atoms with van der Waals surface area (Å²) in [6.07, 6.45) is 6.09. The third-order valence-corrected chi connectivity index (χ3v) is 6.72. The zero-order chi connectivity index (χ0) is 17.4. The zero-order valence-electron chi connectivity index (χ0n) is 14.9. The summed E-state index contributed by atoms with van der Waals surface area (Å²) in [7, 11) is 0. The van der Waals surface area contributed by atoms with Gasteiger partial charge in [0, 0.05) is 32.1 Å². The maximum absolute atomic E-state index is 12.7. The van der Waals surface area contributed by atoms with Crippen molar-refractivity contribution in [1.82, 2.24) is 15.1 Å². The molecule has 1 N–H and O–H groups in total. The largest absolute Gasteiger partial charge is 0.341 e. The van der Waals surface area contributed by atoms with E-state index in [-0.39, 0.29) is 11.9 Å². The monoisotopic (exact) mass is 344 g/mol. The van der Waals surface area contributed by atoms with Crippen LogP contribution in [0, 0.1) is 28.6 Å². The lowest BCUT2D eigenvalue weighted by molar-refractivity contribution is -0.146. The van der Waals surface area contributed by atoms with Gasteiger partial charge in [0.05, 0.1) is 6.07 Å². The highest BCUT2D eigenvalue weighted by Gasteiger charge is 2.54. The number of likely N-dealkylation sites (tertiary alicyclic amines) is 2. The van der Waals surface area contributed by atoms with Gasteiger partial charge in [0.1, 0.15) is 5.41 Å². The van der Waals surface area contributed by atoms with Crippen LogP contribution in [0.3, 0.4) is 0 Å². The number of nitrogens with zero attached hydrogens (tertiary/aromatic N) is 3. The number of nitriles is 1. The van der Waals surface area contributed by atoms with Gasteiger partial charge >= 0.3 is 0 Å². The molecule has 4 rings (SSSR count). The van der Waals surface area contributed by atoms with Crippen LogP contribution in [0.15, 0.2) is 0 Å².